The first-order valence-corrected chi connectivity index (χ1v) is 6.51. The summed E-state index contributed by atoms with van der Waals surface area (Å²) in [5.41, 5.74) is 0.712. The predicted octanol–water partition coefficient (Wildman–Crippen LogP) is 4.15. The Morgan fingerprint density at radius 2 is 2.00 bits per heavy atom. The lowest BCUT2D eigenvalue weighted by Gasteiger charge is -2.09. The van der Waals surface area contributed by atoms with Gasteiger partial charge >= 0.3 is 0 Å². The van der Waals surface area contributed by atoms with Crippen LogP contribution in [0.3, 0.4) is 0 Å². The maximum absolute atomic E-state index is 10.2. The van der Waals surface area contributed by atoms with Gasteiger partial charge in [-0.1, -0.05) is 29.3 Å². The van der Waals surface area contributed by atoms with Crippen LogP contribution in [-0.4, -0.2) is 12.2 Å². The lowest BCUT2D eigenvalue weighted by atomic mass is 10.1. The third-order valence-corrected chi connectivity index (χ3v) is 4.06. The van der Waals surface area contributed by atoms with Crippen molar-refractivity contribution in [3.05, 3.63) is 50.1 Å². The number of aliphatic hydroxyl groups excluding tert-OH is 1. The monoisotopic (exact) mass is 288 g/mol. The summed E-state index contributed by atoms with van der Waals surface area (Å²) in [5.74, 6) is 0.740. The molecule has 1 heterocycles. The van der Waals surface area contributed by atoms with Crippen molar-refractivity contribution < 1.29 is 9.84 Å². The minimum atomic E-state index is -0.710. The number of thiophene rings is 1. The highest BCUT2D eigenvalue weighted by molar-refractivity contribution is 7.10. The van der Waals surface area contributed by atoms with Gasteiger partial charge < -0.3 is 9.84 Å². The third kappa shape index (κ3) is 2.75. The molecule has 0 spiro atoms. The second kappa shape index (κ2) is 5.27. The van der Waals surface area contributed by atoms with Crippen molar-refractivity contribution in [2.45, 2.75) is 6.10 Å². The number of hydrogen-bond donors (Lipinski definition) is 1. The summed E-state index contributed by atoms with van der Waals surface area (Å²) in [6.07, 6.45) is -0.710. The van der Waals surface area contributed by atoms with E-state index in [0.29, 0.717) is 15.6 Å². The van der Waals surface area contributed by atoms with Crippen LogP contribution in [0, 0.1) is 0 Å². The minimum absolute atomic E-state index is 0.437. The highest BCUT2D eigenvalue weighted by Crippen LogP contribution is 2.33. The van der Waals surface area contributed by atoms with E-state index in [-0.39, 0.29) is 0 Å². The number of halogens is 2. The fourth-order valence-corrected chi connectivity index (χ4v) is 2.60. The highest BCUT2D eigenvalue weighted by atomic mass is 35.5. The second-order valence-corrected chi connectivity index (χ2v) is 5.22. The number of rotatable bonds is 3. The smallest absolute Gasteiger partial charge is 0.129 e. The van der Waals surface area contributed by atoms with Crippen LogP contribution in [-0.2, 0) is 0 Å². The molecule has 5 heteroatoms. The van der Waals surface area contributed by atoms with Crippen LogP contribution in [0.1, 0.15) is 16.5 Å². The average Bonchev–Trinajstić information content (AvgIpc) is 2.80. The van der Waals surface area contributed by atoms with Crippen LogP contribution < -0.4 is 4.74 Å². The van der Waals surface area contributed by atoms with Crippen molar-refractivity contribution >= 4 is 34.5 Å². The Hall–Kier alpha value is -0.740. The van der Waals surface area contributed by atoms with Crippen LogP contribution in [0.15, 0.2) is 29.6 Å². The molecule has 0 saturated heterocycles. The van der Waals surface area contributed by atoms with Crippen molar-refractivity contribution in [2.75, 3.05) is 7.11 Å². The molecule has 0 bridgehead atoms. The summed E-state index contributed by atoms with van der Waals surface area (Å²) in [4.78, 5) is 0.806. The Morgan fingerprint density at radius 1 is 1.24 bits per heavy atom. The van der Waals surface area contributed by atoms with Crippen molar-refractivity contribution in [3.8, 4) is 5.75 Å². The van der Waals surface area contributed by atoms with Gasteiger partial charge in [0.1, 0.15) is 11.9 Å². The highest BCUT2D eigenvalue weighted by Gasteiger charge is 2.14. The lowest BCUT2D eigenvalue weighted by Crippen LogP contribution is -1.96. The first-order chi connectivity index (χ1) is 8.11. The van der Waals surface area contributed by atoms with E-state index in [1.54, 1.807) is 31.4 Å². The van der Waals surface area contributed by atoms with Gasteiger partial charge in [-0.2, -0.15) is 0 Å². The molecule has 1 aromatic heterocycles. The van der Waals surface area contributed by atoms with Gasteiger partial charge in [0.15, 0.2) is 0 Å². The van der Waals surface area contributed by atoms with Crippen molar-refractivity contribution in [1.82, 2.24) is 0 Å². The lowest BCUT2D eigenvalue weighted by molar-refractivity contribution is 0.224. The summed E-state index contributed by atoms with van der Waals surface area (Å²) < 4.78 is 5.08. The number of methoxy groups -OCH3 is 1. The summed E-state index contributed by atoms with van der Waals surface area (Å²) in [7, 11) is 1.59. The second-order valence-electron chi connectivity index (χ2n) is 3.46. The summed E-state index contributed by atoms with van der Waals surface area (Å²) in [6.45, 7) is 0. The predicted molar refractivity (Wildman–Crippen MR) is 71.4 cm³/mol. The molecule has 0 aliphatic carbocycles. The van der Waals surface area contributed by atoms with Crippen LogP contribution in [0.25, 0.3) is 0 Å². The molecule has 2 rings (SSSR count). The Labute approximate surface area is 113 Å². The van der Waals surface area contributed by atoms with Crippen molar-refractivity contribution in [1.29, 1.82) is 0 Å². The van der Waals surface area contributed by atoms with Gasteiger partial charge in [-0.25, -0.2) is 0 Å². The third-order valence-electron chi connectivity index (χ3n) is 2.36. The first-order valence-electron chi connectivity index (χ1n) is 4.87. The topological polar surface area (TPSA) is 29.5 Å². The SMILES string of the molecule is COc1csc(C(O)c2ccc(Cl)c(Cl)c2)c1. The van der Waals surface area contributed by atoms with Crippen molar-refractivity contribution in [2.24, 2.45) is 0 Å². The van der Waals surface area contributed by atoms with Gasteiger partial charge in [-0.15, -0.1) is 11.3 Å². The van der Waals surface area contributed by atoms with E-state index in [0.717, 1.165) is 10.6 Å². The molecule has 0 aliphatic heterocycles. The Morgan fingerprint density at radius 3 is 2.59 bits per heavy atom. The average molecular weight is 289 g/mol. The number of benzene rings is 1. The van der Waals surface area contributed by atoms with E-state index in [4.69, 9.17) is 27.9 Å². The van der Waals surface area contributed by atoms with Crippen molar-refractivity contribution in [3.63, 3.8) is 0 Å². The van der Waals surface area contributed by atoms with E-state index >= 15 is 0 Å². The first kappa shape index (κ1) is 12.7. The molecule has 2 aromatic rings. The molecule has 1 N–H and O–H groups in total. The zero-order valence-corrected chi connectivity index (χ0v) is 11.3. The standard InChI is InChI=1S/C12H10Cl2O2S/c1-16-8-5-11(17-6-8)12(15)7-2-3-9(13)10(14)4-7/h2-6,12,15H,1H3. The van der Waals surface area contributed by atoms with Gasteiger partial charge in [-0.3, -0.25) is 0 Å². The maximum atomic E-state index is 10.2. The molecule has 0 amide bonds. The molecule has 1 aromatic carbocycles. The molecule has 1 atom stereocenters. The van der Waals surface area contributed by atoms with E-state index in [9.17, 15) is 5.11 Å². The maximum Gasteiger partial charge on any atom is 0.129 e. The van der Waals surface area contributed by atoms with Gasteiger partial charge in [0.05, 0.1) is 17.2 Å². The molecule has 1 unspecified atom stereocenters. The quantitative estimate of drug-likeness (QED) is 0.920. The number of ether oxygens (including phenoxy) is 1. The molecular weight excluding hydrogens is 279 g/mol. The van der Waals surface area contributed by atoms with Crippen LogP contribution in [0.2, 0.25) is 10.0 Å². The molecule has 0 saturated carbocycles. The van der Waals surface area contributed by atoms with Crippen LogP contribution in [0.4, 0.5) is 0 Å². The Balaban J connectivity index is 2.29. The van der Waals surface area contributed by atoms with Gasteiger partial charge in [0, 0.05) is 10.3 Å². The zero-order valence-electron chi connectivity index (χ0n) is 8.98. The van der Waals surface area contributed by atoms with E-state index in [1.807, 2.05) is 5.38 Å². The van der Waals surface area contributed by atoms with E-state index in [1.165, 1.54) is 11.3 Å². The normalized spacial score (nSPS) is 12.5. The Kier molecular flexibility index (Phi) is 3.94. The fourth-order valence-electron chi connectivity index (χ4n) is 1.43. The molecule has 90 valence electrons. The zero-order chi connectivity index (χ0) is 12.4. The Bertz CT molecular complexity index is 525. The molecular formula is C12H10Cl2O2S. The summed E-state index contributed by atoms with van der Waals surface area (Å²) in [6, 6.07) is 6.90. The van der Waals surface area contributed by atoms with Crippen LogP contribution in [0.5, 0.6) is 5.75 Å². The van der Waals surface area contributed by atoms with Crippen LogP contribution >= 0.6 is 34.5 Å². The number of aliphatic hydroxyl groups is 1. The van der Waals surface area contributed by atoms with Gasteiger partial charge in [0.2, 0.25) is 0 Å². The molecule has 17 heavy (non-hydrogen) atoms. The summed E-state index contributed by atoms with van der Waals surface area (Å²) >= 11 is 13.2. The molecule has 0 aliphatic rings. The largest absolute Gasteiger partial charge is 0.496 e. The van der Waals surface area contributed by atoms with E-state index in [2.05, 4.69) is 0 Å². The number of hydrogen-bond acceptors (Lipinski definition) is 3. The van der Waals surface area contributed by atoms with Gasteiger partial charge in [0.25, 0.3) is 0 Å². The molecule has 2 nitrogen and oxygen atoms in total. The molecule has 0 fully saturated rings. The molecule has 0 radical (unpaired) electrons. The van der Waals surface area contributed by atoms with Gasteiger partial charge in [-0.05, 0) is 23.8 Å². The fraction of sp³-hybridized carbons (Fsp3) is 0.167. The summed E-state index contributed by atoms with van der Waals surface area (Å²) in [5, 5.41) is 12.9. The minimum Gasteiger partial charge on any atom is -0.496 e. The van der Waals surface area contributed by atoms with E-state index < -0.39 is 6.10 Å².